The second-order valence-corrected chi connectivity index (χ2v) is 6.83. The van der Waals surface area contributed by atoms with Crippen LogP contribution in [0.1, 0.15) is 24.1 Å². The van der Waals surface area contributed by atoms with Crippen LogP contribution >= 0.6 is 0 Å². The highest BCUT2D eigenvalue weighted by Gasteiger charge is 2.51. The Morgan fingerprint density at radius 1 is 1.19 bits per heavy atom. The minimum Gasteiger partial charge on any atom is -0.497 e. The van der Waals surface area contributed by atoms with Gasteiger partial charge >= 0.3 is 0 Å². The van der Waals surface area contributed by atoms with Crippen molar-refractivity contribution in [1.82, 2.24) is 9.78 Å². The van der Waals surface area contributed by atoms with Gasteiger partial charge in [0.25, 0.3) is 0 Å². The number of aryl methyl sites for hydroxylation is 1. The maximum absolute atomic E-state index is 13.5. The number of anilines is 1. The number of ether oxygens (including phenoxy) is 1. The topological polar surface area (TPSA) is 56.1 Å². The molecule has 1 N–H and O–H groups in total. The molecule has 4 rings (SSSR count). The summed E-state index contributed by atoms with van der Waals surface area (Å²) in [5.41, 5.74) is 1.83. The first kappa shape index (κ1) is 17.3. The zero-order valence-electron chi connectivity index (χ0n) is 15.2. The number of aromatic nitrogens is 2. The van der Waals surface area contributed by atoms with Gasteiger partial charge in [-0.3, -0.25) is 4.79 Å². The number of halogens is 1. The van der Waals surface area contributed by atoms with Gasteiger partial charge in [0.15, 0.2) is 5.82 Å². The second kappa shape index (κ2) is 6.54. The Balaban J connectivity index is 1.58. The molecule has 27 heavy (non-hydrogen) atoms. The highest BCUT2D eigenvalue weighted by Crippen LogP contribution is 2.49. The van der Waals surface area contributed by atoms with Crippen LogP contribution in [-0.4, -0.2) is 22.8 Å². The van der Waals surface area contributed by atoms with Gasteiger partial charge in [-0.05, 0) is 55.7 Å². The van der Waals surface area contributed by atoms with Crippen molar-refractivity contribution in [2.24, 2.45) is 0 Å². The molecular weight excluding hydrogens is 345 g/mol. The van der Waals surface area contributed by atoms with Crippen molar-refractivity contribution in [3.8, 4) is 11.4 Å². The minimum atomic E-state index is -0.537. The zero-order valence-corrected chi connectivity index (χ0v) is 15.2. The predicted octanol–water partition coefficient (Wildman–Crippen LogP) is 4.00. The van der Waals surface area contributed by atoms with E-state index < -0.39 is 5.41 Å². The van der Waals surface area contributed by atoms with Gasteiger partial charge in [0.1, 0.15) is 11.6 Å². The summed E-state index contributed by atoms with van der Waals surface area (Å²) in [6, 6.07) is 15.6. The molecular formula is C21H20FN3O2. The van der Waals surface area contributed by atoms with Crippen LogP contribution in [0, 0.1) is 12.7 Å². The Morgan fingerprint density at radius 3 is 2.67 bits per heavy atom. The van der Waals surface area contributed by atoms with E-state index in [1.54, 1.807) is 30.0 Å². The SMILES string of the molecule is COc1cccc(C2(C(=O)Nc3cc(C)n(-c4cccc(F)c4)n3)CC2)c1. The first-order valence-electron chi connectivity index (χ1n) is 8.80. The van der Waals surface area contributed by atoms with Crippen LogP contribution in [-0.2, 0) is 10.2 Å². The monoisotopic (exact) mass is 365 g/mol. The third kappa shape index (κ3) is 3.18. The smallest absolute Gasteiger partial charge is 0.236 e. The van der Waals surface area contributed by atoms with Gasteiger partial charge in [-0.1, -0.05) is 18.2 Å². The van der Waals surface area contributed by atoms with Crippen molar-refractivity contribution >= 4 is 11.7 Å². The molecule has 0 bridgehead atoms. The Morgan fingerprint density at radius 2 is 1.96 bits per heavy atom. The number of hydrogen-bond donors (Lipinski definition) is 1. The van der Waals surface area contributed by atoms with Gasteiger partial charge in [-0.15, -0.1) is 5.10 Å². The molecule has 1 saturated carbocycles. The molecule has 1 fully saturated rings. The van der Waals surface area contributed by atoms with Gasteiger partial charge in [0, 0.05) is 11.8 Å². The molecule has 1 aliphatic rings. The lowest BCUT2D eigenvalue weighted by Crippen LogP contribution is -2.28. The molecule has 1 aliphatic carbocycles. The van der Waals surface area contributed by atoms with E-state index in [4.69, 9.17) is 4.74 Å². The molecule has 0 atom stereocenters. The fraction of sp³-hybridized carbons (Fsp3) is 0.238. The lowest BCUT2D eigenvalue weighted by atomic mass is 9.95. The van der Waals surface area contributed by atoms with Crippen molar-refractivity contribution in [1.29, 1.82) is 0 Å². The van der Waals surface area contributed by atoms with Crippen LogP contribution in [0.2, 0.25) is 0 Å². The summed E-state index contributed by atoms with van der Waals surface area (Å²) in [6.07, 6.45) is 1.57. The minimum absolute atomic E-state index is 0.0837. The van der Waals surface area contributed by atoms with Gasteiger partial charge in [0.05, 0.1) is 18.2 Å². The molecule has 0 radical (unpaired) electrons. The van der Waals surface area contributed by atoms with E-state index in [-0.39, 0.29) is 11.7 Å². The zero-order chi connectivity index (χ0) is 19.0. The van der Waals surface area contributed by atoms with Crippen LogP contribution in [0.4, 0.5) is 10.2 Å². The number of hydrogen-bond acceptors (Lipinski definition) is 3. The number of amides is 1. The van der Waals surface area contributed by atoms with Crippen LogP contribution < -0.4 is 10.1 Å². The molecule has 1 amide bonds. The molecule has 5 nitrogen and oxygen atoms in total. The van der Waals surface area contributed by atoms with Gasteiger partial charge < -0.3 is 10.1 Å². The average molecular weight is 365 g/mol. The van der Waals surface area contributed by atoms with Gasteiger partial charge in [0.2, 0.25) is 5.91 Å². The molecule has 3 aromatic rings. The van der Waals surface area contributed by atoms with Crippen molar-refractivity contribution in [2.75, 3.05) is 12.4 Å². The van der Waals surface area contributed by atoms with Crippen molar-refractivity contribution in [3.63, 3.8) is 0 Å². The van der Waals surface area contributed by atoms with Crippen LogP contribution in [0.5, 0.6) is 5.75 Å². The standard InChI is InChI=1S/C21H20FN3O2/c1-14-11-19(24-25(14)17-7-4-6-16(22)13-17)23-20(26)21(9-10-21)15-5-3-8-18(12-15)27-2/h3-8,11-13H,9-10H2,1-2H3,(H,23,24,26). The number of rotatable bonds is 5. The van der Waals surface area contributed by atoms with E-state index in [9.17, 15) is 9.18 Å². The third-order valence-electron chi connectivity index (χ3n) is 4.99. The quantitative estimate of drug-likeness (QED) is 0.744. The molecule has 2 aromatic carbocycles. The van der Waals surface area contributed by atoms with Gasteiger partial charge in [-0.25, -0.2) is 9.07 Å². The molecule has 0 spiro atoms. The summed E-state index contributed by atoms with van der Waals surface area (Å²) in [6.45, 7) is 1.86. The molecule has 0 saturated heterocycles. The molecule has 1 heterocycles. The maximum Gasteiger partial charge on any atom is 0.236 e. The first-order chi connectivity index (χ1) is 13.0. The summed E-state index contributed by atoms with van der Waals surface area (Å²) in [5.74, 6) is 0.774. The lowest BCUT2D eigenvalue weighted by Gasteiger charge is -2.15. The number of nitrogens with zero attached hydrogens (tertiary/aromatic N) is 2. The summed E-state index contributed by atoms with van der Waals surface area (Å²) in [5, 5.41) is 7.34. The highest BCUT2D eigenvalue weighted by molar-refractivity contribution is 6.01. The number of methoxy groups -OCH3 is 1. The summed E-state index contributed by atoms with van der Waals surface area (Å²) < 4.78 is 20.4. The van der Waals surface area contributed by atoms with E-state index in [1.165, 1.54) is 12.1 Å². The molecule has 138 valence electrons. The van der Waals surface area contributed by atoms with Crippen molar-refractivity contribution in [2.45, 2.75) is 25.2 Å². The largest absolute Gasteiger partial charge is 0.497 e. The third-order valence-corrected chi connectivity index (χ3v) is 4.99. The fourth-order valence-electron chi connectivity index (χ4n) is 3.33. The predicted molar refractivity (Wildman–Crippen MR) is 101 cm³/mol. The Kier molecular flexibility index (Phi) is 4.18. The van der Waals surface area contributed by atoms with E-state index in [0.29, 0.717) is 11.5 Å². The van der Waals surface area contributed by atoms with Gasteiger partial charge in [-0.2, -0.15) is 0 Å². The lowest BCUT2D eigenvalue weighted by molar-refractivity contribution is -0.118. The Hall–Kier alpha value is -3.15. The van der Waals surface area contributed by atoms with Crippen LogP contribution in [0.15, 0.2) is 54.6 Å². The normalized spacial score (nSPS) is 14.6. The molecule has 0 unspecified atom stereocenters. The van der Waals surface area contributed by atoms with E-state index in [0.717, 1.165) is 29.8 Å². The molecule has 6 heteroatoms. The summed E-state index contributed by atoms with van der Waals surface area (Å²) >= 11 is 0. The first-order valence-corrected chi connectivity index (χ1v) is 8.80. The Labute approximate surface area is 156 Å². The van der Waals surface area contributed by atoms with Crippen molar-refractivity contribution < 1.29 is 13.9 Å². The number of carbonyl (C=O) groups is 1. The Bertz CT molecular complexity index is 1010. The fourth-order valence-corrected chi connectivity index (χ4v) is 3.33. The second-order valence-electron chi connectivity index (χ2n) is 6.83. The van der Waals surface area contributed by atoms with E-state index in [1.807, 2.05) is 31.2 Å². The highest BCUT2D eigenvalue weighted by atomic mass is 19.1. The average Bonchev–Trinajstić information content (AvgIpc) is 3.40. The van der Waals surface area contributed by atoms with Crippen LogP contribution in [0.3, 0.4) is 0 Å². The maximum atomic E-state index is 13.5. The van der Waals surface area contributed by atoms with E-state index >= 15 is 0 Å². The molecule has 0 aliphatic heterocycles. The van der Waals surface area contributed by atoms with E-state index in [2.05, 4.69) is 10.4 Å². The summed E-state index contributed by atoms with van der Waals surface area (Å²) in [7, 11) is 1.61. The van der Waals surface area contributed by atoms with Crippen molar-refractivity contribution in [3.05, 3.63) is 71.7 Å². The van der Waals surface area contributed by atoms with Crippen LogP contribution in [0.25, 0.3) is 5.69 Å². The number of benzene rings is 2. The number of nitrogens with one attached hydrogen (secondary N) is 1. The molecule has 1 aromatic heterocycles. The summed E-state index contributed by atoms with van der Waals surface area (Å²) in [4.78, 5) is 12.9. The number of carbonyl (C=O) groups excluding carboxylic acids is 1.